The van der Waals surface area contributed by atoms with E-state index < -0.39 is 0 Å². The van der Waals surface area contributed by atoms with Crippen LogP contribution in [0.2, 0.25) is 0 Å². The quantitative estimate of drug-likeness (QED) is 0.884. The molecule has 1 N–H and O–H groups in total. The minimum Gasteiger partial charge on any atom is -0.305 e. The first-order chi connectivity index (χ1) is 7.75. The van der Waals surface area contributed by atoms with E-state index >= 15 is 0 Å². The number of benzene rings is 1. The largest absolute Gasteiger partial charge is 0.305 e. The van der Waals surface area contributed by atoms with Crippen molar-refractivity contribution < 1.29 is 0 Å². The molecular formula is C13H14BrNS. The van der Waals surface area contributed by atoms with Crippen LogP contribution in [-0.4, -0.2) is 0 Å². The summed E-state index contributed by atoms with van der Waals surface area (Å²) in [6.07, 6.45) is 0. The van der Waals surface area contributed by atoms with Crippen molar-refractivity contribution in [2.75, 3.05) is 0 Å². The van der Waals surface area contributed by atoms with Gasteiger partial charge in [0.2, 0.25) is 0 Å². The first kappa shape index (κ1) is 11.8. The van der Waals surface area contributed by atoms with Crippen LogP contribution in [-0.2, 0) is 6.54 Å². The van der Waals surface area contributed by atoms with Crippen LogP contribution < -0.4 is 5.32 Å². The van der Waals surface area contributed by atoms with Gasteiger partial charge in [0.15, 0.2) is 0 Å². The molecule has 0 aliphatic carbocycles. The van der Waals surface area contributed by atoms with Crippen LogP contribution in [0.1, 0.15) is 23.4 Å². The Hall–Kier alpha value is -0.640. The monoisotopic (exact) mass is 295 g/mol. The average Bonchev–Trinajstić information content (AvgIpc) is 2.73. The smallest absolute Gasteiger partial charge is 0.0305 e. The lowest BCUT2D eigenvalue weighted by atomic mass is 10.1. The highest BCUT2D eigenvalue weighted by Gasteiger charge is 2.04. The third-order valence-electron chi connectivity index (χ3n) is 2.50. The van der Waals surface area contributed by atoms with Crippen molar-refractivity contribution in [2.45, 2.75) is 19.5 Å². The van der Waals surface area contributed by atoms with Crippen LogP contribution in [0.25, 0.3) is 0 Å². The van der Waals surface area contributed by atoms with Crippen LogP contribution in [0.3, 0.4) is 0 Å². The zero-order chi connectivity index (χ0) is 11.4. The van der Waals surface area contributed by atoms with E-state index in [0.717, 1.165) is 6.54 Å². The van der Waals surface area contributed by atoms with Gasteiger partial charge in [0, 0.05) is 27.3 Å². The normalized spacial score (nSPS) is 12.6. The SMILES string of the molecule is CC(NCc1cc(Br)cs1)c1ccccc1. The van der Waals surface area contributed by atoms with E-state index in [1.807, 2.05) is 6.07 Å². The Morgan fingerprint density at radius 1 is 1.31 bits per heavy atom. The second-order valence-corrected chi connectivity index (χ2v) is 5.66. The predicted octanol–water partition coefficient (Wildman–Crippen LogP) is 4.36. The van der Waals surface area contributed by atoms with Crippen LogP contribution in [0, 0.1) is 0 Å². The second-order valence-electron chi connectivity index (χ2n) is 3.74. The van der Waals surface area contributed by atoms with Gasteiger partial charge >= 0.3 is 0 Å². The molecule has 0 radical (unpaired) electrons. The minimum atomic E-state index is 0.391. The average molecular weight is 296 g/mol. The zero-order valence-electron chi connectivity index (χ0n) is 9.11. The molecule has 0 saturated heterocycles. The Kier molecular flexibility index (Phi) is 4.16. The molecule has 1 heterocycles. The number of hydrogen-bond acceptors (Lipinski definition) is 2. The summed E-state index contributed by atoms with van der Waals surface area (Å²) in [4.78, 5) is 1.36. The maximum absolute atomic E-state index is 3.52. The van der Waals surface area contributed by atoms with Gasteiger partial charge in [-0.3, -0.25) is 0 Å². The lowest BCUT2D eigenvalue weighted by Crippen LogP contribution is -2.17. The Bertz CT molecular complexity index is 438. The Labute approximate surface area is 109 Å². The van der Waals surface area contributed by atoms with Crippen LogP contribution in [0.4, 0.5) is 0 Å². The van der Waals surface area contributed by atoms with Gasteiger partial charge in [0.1, 0.15) is 0 Å². The highest BCUT2D eigenvalue weighted by molar-refractivity contribution is 9.10. The highest BCUT2D eigenvalue weighted by Crippen LogP contribution is 2.20. The van der Waals surface area contributed by atoms with Gasteiger partial charge in [-0.2, -0.15) is 0 Å². The van der Waals surface area contributed by atoms with Crippen molar-refractivity contribution in [1.82, 2.24) is 5.32 Å². The predicted molar refractivity (Wildman–Crippen MR) is 73.7 cm³/mol. The molecule has 0 amide bonds. The molecule has 0 aliphatic heterocycles. The van der Waals surface area contributed by atoms with Crippen molar-refractivity contribution in [2.24, 2.45) is 0 Å². The molecule has 84 valence electrons. The molecule has 2 aromatic rings. The van der Waals surface area contributed by atoms with E-state index in [-0.39, 0.29) is 0 Å². The Balaban J connectivity index is 1.91. The van der Waals surface area contributed by atoms with E-state index in [2.05, 4.69) is 63.9 Å². The summed E-state index contributed by atoms with van der Waals surface area (Å²) in [5.41, 5.74) is 1.33. The van der Waals surface area contributed by atoms with Gasteiger partial charge in [-0.1, -0.05) is 30.3 Å². The maximum atomic E-state index is 3.52. The lowest BCUT2D eigenvalue weighted by molar-refractivity contribution is 0.579. The Morgan fingerprint density at radius 2 is 2.06 bits per heavy atom. The summed E-state index contributed by atoms with van der Waals surface area (Å²) < 4.78 is 1.17. The number of nitrogens with one attached hydrogen (secondary N) is 1. The van der Waals surface area contributed by atoms with Gasteiger partial charge in [0.25, 0.3) is 0 Å². The molecule has 0 fully saturated rings. The summed E-state index contributed by atoms with van der Waals surface area (Å²) in [5.74, 6) is 0. The molecule has 1 aromatic carbocycles. The summed E-state index contributed by atoms with van der Waals surface area (Å²) in [6, 6.07) is 13.1. The van der Waals surface area contributed by atoms with Gasteiger partial charge in [-0.05, 0) is 34.5 Å². The highest BCUT2D eigenvalue weighted by atomic mass is 79.9. The van der Waals surface area contributed by atoms with Gasteiger partial charge < -0.3 is 5.32 Å². The van der Waals surface area contributed by atoms with Crippen molar-refractivity contribution >= 4 is 27.3 Å². The molecule has 3 heteroatoms. The second kappa shape index (κ2) is 5.62. The van der Waals surface area contributed by atoms with E-state index in [4.69, 9.17) is 0 Å². The fourth-order valence-electron chi connectivity index (χ4n) is 1.56. The summed E-state index contributed by atoms with van der Waals surface area (Å²) >= 11 is 5.24. The first-order valence-corrected chi connectivity index (χ1v) is 6.94. The third kappa shape index (κ3) is 3.17. The molecule has 16 heavy (non-hydrogen) atoms. The van der Waals surface area contributed by atoms with Gasteiger partial charge in [-0.15, -0.1) is 11.3 Å². The number of thiophene rings is 1. The third-order valence-corrected chi connectivity index (χ3v) is 4.20. The van der Waals surface area contributed by atoms with Gasteiger partial charge in [0.05, 0.1) is 0 Å². The Morgan fingerprint density at radius 3 is 2.69 bits per heavy atom. The molecule has 2 rings (SSSR count). The number of halogens is 1. The van der Waals surface area contributed by atoms with Gasteiger partial charge in [-0.25, -0.2) is 0 Å². The molecule has 1 nitrogen and oxygen atoms in total. The fourth-order valence-corrected chi connectivity index (χ4v) is 2.96. The number of rotatable bonds is 4. The van der Waals surface area contributed by atoms with Crippen LogP contribution >= 0.6 is 27.3 Å². The van der Waals surface area contributed by atoms with E-state index in [0.29, 0.717) is 6.04 Å². The van der Waals surface area contributed by atoms with Crippen molar-refractivity contribution in [3.63, 3.8) is 0 Å². The lowest BCUT2D eigenvalue weighted by Gasteiger charge is -2.13. The topological polar surface area (TPSA) is 12.0 Å². The van der Waals surface area contributed by atoms with Crippen LogP contribution in [0.5, 0.6) is 0 Å². The summed E-state index contributed by atoms with van der Waals surface area (Å²) in [5, 5.41) is 5.63. The number of hydrogen-bond donors (Lipinski definition) is 1. The minimum absolute atomic E-state index is 0.391. The zero-order valence-corrected chi connectivity index (χ0v) is 11.5. The molecule has 0 aliphatic rings. The van der Waals surface area contributed by atoms with E-state index in [1.54, 1.807) is 11.3 Å². The molecule has 0 saturated carbocycles. The molecule has 1 atom stereocenters. The molecule has 1 unspecified atom stereocenters. The standard InChI is InChI=1S/C13H14BrNS/c1-10(11-5-3-2-4-6-11)15-8-13-7-12(14)9-16-13/h2-7,9-10,15H,8H2,1H3. The fraction of sp³-hybridized carbons (Fsp3) is 0.231. The van der Waals surface area contributed by atoms with Crippen molar-refractivity contribution in [3.05, 3.63) is 56.7 Å². The van der Waals surface area contributed by atoms with Crippen LogP contribution in [0.15, 0.2) is 46.3 Å². The van der Waals surface area contributed by atoms with E-state index in [9.17, 15) is 0 Å². The van der Waals surface area contributed by atoms with E-state index in [1.165, 1.54) is 14.9 Å². The molecule has 0 bridgehead atoms. The molecule has 1 aromatic heterocycles. The van der Waals surface area contributed by atoms with Crippen molar-refractivity contribution in [3.8, 4) is 0 Å². The summed E-state index contributed by atoms with van der Waals surface area (Å²) in [6.45, 7) is 3.12. The molecular weight excluding hydrogens is 282 g/mol. The molecule has 0 spiro atoms. The summed E-state index contributed by atoms with van der Waals surface area (Å²) in [7, 11) is 0. The maximum Gasteiger partial charge on any atom is 0.0305 e. The first-order valence-electron chi connectivity index (χ1n) is 5.27. The van der Waals surface area contributed by atoms with Crippen molar-refractivity contribution in [1.29, 1.82) is 0 Å².